The maximum atomic E-state index is 12.8. The lowest BCUT2D eigenvalue weighted by atomic mass is 9.86. The molecule has 2 aliphatic rings. The predicted octanol–water partition coefficient (Wildman–Crippen LogP) is 2.18. The van der Waals surface area contributed by atoms with Crippen molar-refractivity contribution >= 4 is 27.3 Å². The second-order valence-electron chi connectivity index (χ2n) is 7.02. The topological polar surface area (TPSA) is 97.4 Å². The van der Waals surface area contributed by atoms with Crippen molar-refractivity contribution in [2.75, 3.05) is 16.6 Å². The molecular formula is C18H19N3O4S. The maximum Gasteiger partial charge on any atom is 0.261 e. The third kappa shape index (κ3) is 2.75. The van der Waals surface area contributed by atoms with Crippen LogP contribution >= 0.6 is 0 Å². The van der Waals surface area contributed by atoms with Crippen LogP contribution in [0.2, 0.25) is 0 Å². The van der Waals surface area contributed by atoms with Gasteiger partial charge in [0.05, 0.1) is 35.4 Å². The Labute approximate surface area is 151 Å². The summed E-state index contributed by atoms with van der Waals surface area (Å²) in [4.78, 5) is 16.5. The zero-order valence-corrected chi connectivity index (χ0v) is 15.3. The van der Waals surface area contributed by atoms with Gasteiger partial charge in [-0.3, -0.25) is 14.5 Å². The number of anilines is 2. The molecule has 2 aliphatic heterocycles. The van der Waals surface area contributed by atoms with Crippen LogP contribution in [0.4, 0.5) is 11.4 Å². The van der Waals surface area contributed by atoms with Crippen molar-refractivity contribution in [1.29, 1.82) is 0 Å². The molecule has 1 amide bonds. The Balaban J connectivity index is 1.66. The van der Waals surface area contributed by atoms with E-state index in [0.717, 1.165) is 17.7 Å². The number of pyridine rings is 1. The standard InChI is InChI=1S/C18H19N3O4S/c1-18(2)14-8-13(3-4-16(14)20-17(18)22)26(23,24)21-12-7-11-10-25-6-5-15(11)19-9-12/h3-4,7-9,21H,5-6,10H2,1-2H3,(H,20,22). The van der Waals surface area contributed by atoms with Gasteiger partial charge in [0.25, 0.3) is 10.0 Å². The summed E-state index contributed by atoms with van der Waals surface area (Å²) in [5.74, 6) is -0.145. The Hall–Kier alpha value is -2.45. The Morgan fingerprint density at radius 3 is 2.88 bits per heavy atom. The molecular weight excluding hydrogens is 354 g/mol. The summed E-state index contributed by atoms with van der Waals surface area (Å²) in [5.41, 5.74) is 2.76. The number of nitrogens with zero attached hydrogens (tertiary/aromatic N) is 1. The first kappa shape index (κ1) is 17.0. The van der Waals surface area contributed by atoms with Gasteiger partial charge >= 0.3 is 0 Å². The normalized spacial score (nSPS) is 18.0. The third-order valence-electron chi connectivity index (χ3n) is 4.84. The summed E-state index contributed by atoms with van der Waals surface area (Å²) in [6, 6.07) is 6.40. The second-order valence-corrected chi connectivity index (χ2v) is 8.71. The number of nitrogens with one attached hydrogen (secondary N) is 2. The Morgan fingerprint density at radius 2 is 2.08 bits per heavy atom. The highest BCUT2D eigenvalue weighted by molar-refractivity contribution is 7.92. The Morgan fingerprint density at radius 1 is 1.27 bits per heavy atom. The van der Waals surface area contributed by atoms with Gasteiger partial charge in [-0.25, -0.2) is 8.42 Å². The molecule has 3 heterocycles. The van der Waals surface area contributed by atoms with Crippen LogP contribution < -0.4 is 10.0 Å². The van der Waals surface area contributed by atoms with E-state index in [4.69, 9.17) is 4.74 Å². The van der Waals surface area contributed by atoms with E-state index in [1.165, 1.54) is 12.3 Å². The largest absolute Gasteiger partial charge is 0.376 e. The van der Waals surface area contributed by atoms with Crippen molar-refractivity contribution in [3.63, 3.8) is 0 Å². The van der Waals surface area contributed by atoms with E-state index in [2.05, 4.69) is 15.0 Å². The van der Waals surface area contributed by atoms with Crippen LogP contribution in [0.15, 0.2) is 35.4 Å². The van der Waals surface area contributed by atoms with Gasteiger partial charge in [-0.1, -0.05) is 0 Å². The molecule has 136 valence electrons. The van der Waals surface area contributed by atoms with Crippen LogP contribution in [-0.4, -0.2) is 25.9 Å². The number of hydrogen-bond donors (Lipinski definition) is 2. The molecule has 0 atom stereocenters. The summed E-state index contributed by atoms with van der Waals surface area (Å²) < 4.78 is 33.5. The number of sulfonamides is 1. The molecule has 1 aromatic heterocycles. The molecule has 0 unspecified atom stereocenters. The molecule has 8 heteroatoms. The van der Waals surface area contributed by atoms with Gasteiger partial charge in [-0.05, 0) is 43.7 Å². The molecule has 26 heavy (non-hydrogen) atoms. The van der Waals surface area contributed by atoms with Crippen molar-refractivity contribution < 1.29 is 17.9 Å². The lowest BCUT2D eigenvalue weighted by molar-refractivity contribution is -0.119. The summed E-state index contributed by atoms with van der Waals surface area (Å²) in [6.07, 6.45) is 2.24. The van der Waals surface area contributed by atoms with Crippen LogP contribution in [0.1, 0.15) is 30.7 Å². The fraction of sp³-hybridized carbons (Fsp3) is 0.333. The minimum absolute atomic E-state index is 0.106. The second kappa shape index (κ2) is 5.78. The van der Waals surface area contributed by atoms with Crippen molar-refractivity contribution in [2.24, 2.45) is 0 Å². The van der Waals surface area contributed by atoms with Crippen LogP contribution in [-0.2, 0) is 38.0 Å². The molecule has 0 spiro atoms. The average Bonchev–Trinajstić information content (AvgIpc) is 2.83. The van der Waals surface area contributed by atoms with Gasteiger partial charge in [0.1, 0.15) is 0 Å². The fourth-order valence-electron chi connectivity index (χ4n) is 3.23. The van der Waals surface area contributed by atoms with Gasteiger partial charge in [-0.15, -0.1) is 0 Å². The Kier molecular flexibility index (Phi) is 3.78. The average molecular weight is 373 g/mol. The number of fused-ring (bicyclic) bond motifs is 2. The van der Waals surface area contributed by atoms with Gasteiger partial charge in [0, 0.05) is 23.4 Å². The van der Waals surface area contributed by atoms with Crippen molar-refractivity contribution in [3.05, 3.63) is 47.3 Å². The van der Waals surface area contributed by atoms with E-state index in [1.807, 2.05) is 0 Å². The number of benzene rings is 1. The molecule has 0 saturated heterocycles. The van der Waals surface area contributed by atoms with Gasteiger partial charge < -0.3 is 10.1 Å². The van der Waals surface area contributed by atoms with Crippen molar-refractivity contribution in [1.82, 2.24) is 4.98 Å². The highest BCUT2D eigenvalue weighted by Gasteiger charge is 2.39. The van der Waals surface area contributed by atoms with Crippen molar-refractivity contribution in [2.45, 2.75) is 37.2 Å². The van der Waals surface area contributed by atoms with Crippen LogP contribution in [0.3, 0.4) is 0 Å². The molecule has 0 aliphatic carbocycles. The lowest BCUT2D eigenvalue weighted by Crippen LogP contribution is -2.27. The predicted molar refractivity (Wildman–Crippen MR) is 96.5 cm³/mol. The van der Waals surface area contributed by atoms with E-state index in [1.54, 1.807) is 32.0 Å². The van der Waals surface area contributed by atoms with E-state index in [9.17, 15) is 13.2 Å². The summed E-state index contributed by atoms with van der Waals surface area (Å²) in [7, 11) is -3.80. The fourth-order valence-corrected chi connectivity index (χ4v) is 4.29. The number of carbonyl (C=O) groups excluding carboxylic acids is 1. The molecule has 1 aromatic carbocycles. The summed E-state index contributed by atoms with van der Waals surface area (Å²) in [5, 5.41) is 2.77. The molecule has 4 rings (SSSR count). The van der Waals surface area contributed by atoms with Crippen molar-refractivity contribution in [3.8, 4) is 0 Å². The number of amides is 1. The molecule has 0 saturated carbocycles. The Bertz CT molecular complexity index is 1020. The number of ether oxygens (including phenoxy) is 1. The number of aromatic nitrogens is 1. The number of hydrogen-bond acceptors (Lipinski definition) is 5. The van der Waals surface area contributed by atoms with Gasteiger partial charge in [0.2, 0.25) is 5.91 Å². The molecule has 0 bridgehead atoms. The van der Waals surface area contributed by atoms with Gasteiger partial charge in [-0.2, -0.15) is 0 Å². The molecule has 0 fully saturated rings. The quantitative estimate of drug-likeness (QED) is 0.859. The van der Waals surface area contributed by atoms with Crippen LogP contribution in [0, 0.1) is 0 Å². The zero-order valence-electron chi connectivity index (χ0n) is 14.5. The highest BCUT2D eigenvalue weighted by Crippen LogP contribution is 2.38. The van der Waals surface area contributed by atoms with E-state index < -0.39 is 15.4 Å². The summed E-state index contributed by atoms with van der Waals surface area (Å²) >= 11 is 0. The van der Waals surface area contributed by atoms with Crippen LogP contribution in [0.25, 0.3) is 0 Å². The van der Waals surface area contributed by atoms with E-state index in [-0.39, 0.29) is 10.8 Å². The van der Waals surface area contributed by atoms with E-state index >= 15 is 0 Å². The SMILES string of the molecule is CC1(C)C(=O)Nc2ccc(S(=O)(=O)Nc3cnc4c(c3)COCC4)cc21. The number of carbonyl (C=O) groups is 1. The molecule has 0 radical (unpaired) electrons. The summed E-state index contributed by atoms with van der Waals surface area (Å²) in [6.45, 7) is 4.60. The van der Waals surface area contributed by atoms with Gasteiger partial charge in [0.15, 0.2) is 0 Å². The lowest BCUT2D eigenvalue weighted by Gasteiger charge is -2.18. The smallest absolute Gasteiger partial charge is 0.261 e. The first-order chi connectivity index (χ1) is 12.3. The minimum atomic E-state index is -3.80. The number of rotatable bonds is 3. The first-order valence-electron chi connectivity index (χ1n) is 8.32. The monoisotopic (exact) mass is 373 g/mol. The maximum absolute atomic E-state index is 12.8. The molecule has 2 N–H and O–H groups in total. The van der Waals surface area contributed by atoms with E-state index in [0.29, 0.717) is 30.2 Å². The molecule has 2 aromatic rings. The van der Waals surface area contributed by atoms with Crippen LogP contribution in [0.5, 0.6) is 0 Å². The highest BCUT2D eigenvalue weighted by atomic mass is 32.2. The zero-order chi connectivity index (χ0) is 18.5. The first-order valence-corrected chi connectivity index (χ1v) is 9.80. The molecule has 7 nitrogen and oxygen atoms in total. The third-order valence-corrected chi connectivity index (χ3v) is 6.22. The minimum Gasteiger partial charge on any atom is -0.376 e.